The molecule has 0 aromatic carbocycles. The minimum absolute atomic E-state index is 0.0891. The van der Waals surface area contributed by atoms with Gasteiger partial charge in [-0.2, -0.15) is 0 Å². The monoisotopic (exact) mass is 485 g/mol. The second-order valence-electron chi connectivity index (χ2n) is 8.94. The number of rotatable bonds is 6. The zero-order valence-corrected chi connectivity index (χ0v) is 20.6. The van der Waals surface area contributed by atoms with Crippen LogP contribution in [0.1, 0.15) is 20.8 Å². The van der Waals surface area contributed by atoms with Crippen LogP contribution >= 0.6 is 23.8 Å². The Balaban J connectivity index is 1.76. The van der Waals surface area contributed by atoms with Crippen molar-refractivity contribution >= 4 is 55.0 Å². The molecule has 0 saturated carbocycles. The maximum atomic E-state index is 15.9. The third-order valence-corrected chi connectivity index (χ3v) is 12.6. The van der Waals surface area contributed by atoms with Crippen LogP contribution in [0.25, 0.3) is 11.2 Å². The first-order valence-corrected chi connectivity index (χ1v) is 14.4. The zero-order valence-electron chi connectivity index (χ0n) is 18.0. The number of halogens is 1. The van der Waals surface area contributed by atoms with E-state index in [0.717, 1.165) is 23.8 Å². The van der Waals surface area contributed by atoms with Gasteiger partial charge < -0.3 is 14.9 Å². The Morgan fingerprint density at radius 2 is 2.13 bits per heavy atom. The van der Waals surface area contributed by atoms with Crippen molar-refractivity contribution in [2.24, 2.45) is 0 Å². The molecule has 3 aliphatic heterocycles. The van der Waals surface area contributed by atoms with Crippen molar-refractivity contribution in [2.75, 3.05) is 12.0 Å². The van der Waals surface area contributed by atoms with Crippen LogP contribution in [0.15, 0.2) is 18.4 Å². The summed E-state index contributed by atoms with van der Waals surface area (Å²) >= 11 is 2.10. The number of nitrogens with two attached hydrogens (primary N) is 1. The molecule has 0 unspecified atom stereocenters. The molecule has 13 heteroatoms. The first-order valence-electron chi connectivity index (χ1n) is 9.55. The van der Waals surface area contributed by atoms with E-state index >= 15 is 4.39 Å². The van der Waals surface area contributed by atoms with E-state index in [1.54, 1.807) is 6.26 Å². The van der Waals surface area contributed by atoms with E-state index in [1.165, 1.54) is 17.2 Å². The van der Waals surface area contributed by atoms with Crippen LogP contribution in [0.2, 0.25) is 18.1 Å². The number of anilines is 1. The number of ether oxygens (including phenoxy) is 1. The molecule has 31 heavy (non-hydrogen) atoms. The van der Waals surface area contributed by atoms with E-state index in [9.17, 15) is 4.79 Å². The highest BCUT2D eigenvalue weighted by Crippen LogP contribution is 2.72. The summed E-state index contributed by atoms with van der Waals surface area (Å²) in [5.74, 6) is 1.94. The van der Waals surface area contributed by atoms with Crippen molar-refractivity contribution in [3.05, 3.63) is 18.4 Å². The van der Waals surface area contributed by atoms with Gasteiger partial charge in [0.15, 0.2) is 29.3 Å². The van der Waals surface area contributed by atoms with Crippen molar-refractivity contribution in [1.29, 1.82) is 0 Å². The Bertz CT molecular complexity index is 1090. The molecular weight excluding hydrogens is 461 g/mol. The number of fused-ring (bicyclic) bond motifs is 2. The smallest absolute Gasteiger partial charge is 0.251 e. The summed E-state index contributed by atoms with van der Waals surface area (Å²) in [7, 11) is -2.42. The second kappa shape index (κ2) is 7.19. The number of nitrogen functional groups attached to an aromatic ring is 1. The molecule has 5 heterocycles. The van der Waals surface area contributed by atoms with Gasteiger partial charge in [0.2, 0.25) is 16.2 Å². The summed E-state index contributed by atoms with van der Waals surface area (Å²) in [5, 5.41) is -1.71. The quantitative estimate of drug-likeness (QED) is 0.283. The predicted molar refractivity (Wildman–Crippen MR) is 120 cm³/mol. The lowest BCUT2D eigenvalue weighted by molar-refractivity contribution is -0.0431. The number of carbonyl (C=O) groups excluding carboxylic acids is 1. The van der Waals surface area contributed by atoms with Crippen LogP contribution in [0, 0.1) is 0 Å². The maximum absolute atomic E-state index is 15.9. The molecule has 9 nitrogen and oxygen atoms in total. The average molecular weight is 486 g/mol. The number of hydrogen-bond acceptors (Lipinski definition) is 10. The van der Waals surface area contributed by atoms with Gasteiger partial charge in [0.25, 0.3) is 8.32 Å². The molecule has 2 bridgehead atoms. The van der Waals surface area contributed by atoms with Crippen molar-refractivity contribution in [1.82, 2.24) is 19.5 Å². The summed E-state index contributed by atoms with van der Waals surface area (Å²) in [6, 6.07) is 0. The van der Waals surface area contributed by atoms with Crippen LogP contribution in [-0.4, -0.2) is 57.2 Å². The van der Waals surface area contributed by atoms with E-state index in [2.05, 4.69) is 15.0 Å². The third kappa shape index (κ3) is 3.05. The molecule has 0 amide bonds. The molecule has 4 atom stereocenters. The van der Waals surface area contributed by atoms with E-state index in [1.807, 2.05) is 39.8 Å². The Kier molecular flexibility index (Phi) is 5.23. The Hall–Kier alpha value is -1.63. The Labute approximate surface area is 188 Å². The summed E-state index contributed by atoms with van der Waals surface area (Å²) < 4.78 is 35.4. The molecule has 168 valence electrons. The summed E-state index contributed by atoms with van der Waals surface area (Å²) in [5.41, 5.74) is 6.53. The lowest BCUT2D eigenvalue weighted by Crippen LogP contribution is -2.59. The third-order valence-electron chi connectivity index (χ3n) is 6.05. The zero-order chi connectivity index (χ0) is 22.8. The minimum atomic E-state index is -2.42. The van der Waals surface area contributed by atoms with Crippen LogP contribution < -0.4 is 5.73 Å². The lowest BCUT2D eigenvalue weighted by Gasteiger charge is -2.46. The number of aromatic nitrogens is 4. The van der Waals surface area contributed by atoms with Crippen molar-refractivity contribution in [2.45, 2.75) is 61.2 Å². The summed E-state index contributed by atoms with van der Waals surface area (Å²) in [6.07, 6.45) is 1.63. The Morgan fingerprint density at radius 3 is 2.71 bits per heavy atom. The highest BCUT2D eigenvalue weighted by Gasteiger charge is 2.82. The average Bonchev–Trinajstić information content (AvgIpc) is 3.33. The fourth-order valence-corrected chi connectivity index (χ4v) is 6.61. The normalized spacial score (nSPS) is 30.2. The topological polar surface area (TPSA) is 114 Å². The number of nitrogens with zero attached hydrogens (tertiary/aromatic N) is 4. The van der Waals surface area contributed by atoms with Crippen molar-refractivity contribution in [3.63, 3.8) is 0 Å². The fraction of sp³-hybridized carbons (Fsp3) is 0.611. The predicted octanol–water partition coefficient (Wildman–Crippen LogP) is 3.23. The van der Waals surface area contributed by atoms with E-state index in [4.69, 9.17) is 19.1 Å². The first-order chi connectivity index (χ1) is 14.4. The number of alkyl halides is 1. The van der Waals surface area contributed by atoms with Crippen LogP contribution in [0.4, 0.5) is 10.2 Å². The van der Waals surface area contributed by atoms with Gasteiger partial charge in [-0.15, -0.1) is 0 Å². The van der Waals surface area contributed by atoms with E-state index in [-0.39, 0.29) is 16.6 Å². The number of hydrogen-bond donors (Lipinski definition) is 1. The van der Waals surface area contributed by atoms with Crippen LogP contribution in [-0.2, 0) is 23.2 Å². The minimum Gasteiger partial charge on any atom is -0.537 e. The van der Waals surface area contributed by atoms with Gasteiger partial charge in [0.1, 0.15) is 18.2 Å². The number of imidazole rings is 1. The molecule has 2 aromatic rings. The van der Waals surface area contributed by atoms with Crippen LogP contribution in [0.3, 0.4) is 0 Å². The number of thioether (sulfide) groups is 1. The standard InChI is InChI=1S/C18H24FN5O4S2Si/c1-16(2,3)31(5,6)27-10(7-25)12-17(28-29-4)15(19)18(26-12,30-17)24-9-23-11-13(20)21-8-22-14(11)24/h8-9,12,15H,1-6H3,(H2,20,21,22)/t12-,15+,17+,18+/m1/s1. The molecule has 3 saturated heterocycles. The second-order valence-corrected chi connectivity index (χ2v) is 15.6. The molecule has 5 rings (SSSR count). The summed E-state index contributed by atoms with van der Waals surface area (Å²) in [6.45, 7) is 10.1. The SMILES string of the molecule is CSO[C@]12S[C@@](n3cnc4c(N)ncnc43)(O[C@@H]1C(=C=O)O[Si](C)(C)C(C)(C)C)[C@H]2F. The largest absolute Gasteiger partial charge is 0.537 e. The fourth-order valence-electron chi connectivity index (χ4n) is 3.38. The van der Waals surface area contributed by atoms with Gasteiger partial charge in [-0.3, -0.25) is 8.75 Å². The van der Waals surface area contributed by atoms with Crippen molar-refractivity contribution < 1.29 is 22.5 Å². The van der Waals surface area contributed by atoms with Gasteiger partial charge in [0.05, 0.1) is 0 Å². The van der Waals surface area contributed by atoms with E-state index < -0.39 is 30.6 Å². The highest BCUT2D eigenvalue weighted by atomic mass is 32.2. The van der Waals surface area contributed by atoms with Crippen LogP contribution in [0.5, 0.6) is 0 Å². The maximum Gasteiger partial charge on any atom is 0.251 e. The van der Waals surface area contributed by atoms with Gasteiger partial charge in [-0.1, -0.05) is 32.5 Å². The van der Waals surface area contributed by atoms with Gasteiger partial charge in [-0.05, 0) is 30.2 Å². The first kappa shape index (κ1) is 22.6. The molecule has 0 spiro atoms. The van der Waals surface area contributed by atoms with Gasteiger partial charge in [-0.25, -0.2) is 24.1 Å². The Morgan fingerprint density at radius 1 is 1.42 bits per heavy atom. The molecule has 2 N–H and O–H groups in total. The van der Waals surface area contributed by atoms with Gasteiger partial charge >= 0.3 is 0 Å². The van der Waals surface area contributed by atoms with Crippen molar-refractivity contribution in [3.8, 4) is 0 Å². The molecule has 3 aliphatic rings. The molecule has 2 aromatic heterocycles. The molecule has 3 fully saturated rings. The molecular formula is C18H24FN5O4S2Si. The van der Waals surface area contributed by atoms with E-state index in [0.29, 0.717) is 11.2 Å². The van der Waals surface area contributed by atoms with Gasteiger partial charge in [0, 0.05) is 6.26 Å². The molecule has 0 aliphatic carbocycles. The summed E-state index contributed by atoms with van der Waals surface area (Å²) in [4.78, 5) is 22.8. The molecule has 0 radical (unpaired) electrons. The lowest BCUT2D eigenvalue weighted by atomic mass is 10.1. The highest BCUT2D eigenvalue weighted by molar-refractivity contribution is 8.04.